The monoisotopic (exact) mass is 301 g/mol. The molecule has 1 atom stereocenters. The molecule has 1 aliphatic rings. The van der Waals surface area contributed by atoms with Crippen LogP contribution in [0.3, 0.4) is 0 Å². The summed E-state index contributed by atoms with van der Waals surface area (Å²) >= 11 is 0. The van der Waals surface area contributed by atoms with Crippen molar-refractivity contribution in [3.63, 3.8) is 0 Å². The van der Waals surface area contributed by atoms with E-state index in [2.05, 4.69) is 0 Å². The van der Waals surface area contributed by atoms with Gasteiger partial charge in [0.15, 0.2) is 9.84 Å². The molecule has 110 valence electrons. The highest BCUT2D eigenvalue weighted by molar-refractivity contribution is 7.91. The number of halogens is 1. The fraction of sp³-hybridized carbons (Fsp3) is 0.417. The second-order valence-electron chi connectivity index (χ2n) is 4.91. The summed E-state index contributed by atoms with van der Waals surface area (Å²) in [5, 5.41) is 0. The largest absolute Gasteiger partial charge is 0.398 e. The van der Waals surface area contributed by atoms with Gasteiger partial charge in [-0.05, 0) is 19.1 Å². The Labute approximate surface area is 116 Å². The highest BCUT2D eigenvalue weighted by Gasteiger charge is 2.30. The summed E-state index contributed by atoms with van der Waals surface area (Å²) in [5.74, 6) is -1.45. The summed E-state index contributed by atoms with van der Waals surface area (Å²) in [6, 6.07) is 1.93. The lowest BCUT2D eigenvalue weighted by atomic mass is 10.1. The van der Waals surface area contributed by atoms with Gasteiger partial charge in [0.1, 0.15) is 5.82 Å². The summed E-state index contributed by atoms with van der Waals surface area (Å²) in [7, 11) is -3.10. The predicted octanol–water partition coefficient (Wildman–Crippen LogP) is 0.130. The zero-order valence-electron chi connectivity index (χ0n) is 11.0. The number of carbonyl (C=O) groups is 1. The first-order valence-corrected chi connectivity index (χ1v) is 7.89. The number of sulfone groups is 1. The fourth-order valence-electron chi connectivity index (χ4n) is 2.37. The summed E-state index contributed by atoms with van der Waals surface area (Å²) in [6.45, 7) is 1.86. The van der Waals surface area contributed by atoms with E-state index in [1.165, 1.54) is 6.07 Å². The van der Waals surface area contributed by atoms with Gasteiger partial charge in [0.2, 0.25) is 0 Å². The van der Waals surface area contributed by atoms with Gasteiger partial charge in [-0.25, -0.2) is 12.8 Å². The maximum Gasteiger partial charge on any atom is 0.250 e. The van der Waals surface area contributed by atoms with Crippen molar-refractivity contribution in [2.45, 2.75) is 13.0 Å². The van der Waals surface area contributed by atoms with Crippen LogP contribution in [0.5, 0.6) is 0 Å². The average molecular weight is 301 g/mol. The molecule has 2 rings (SSSR count). The number of primary amides is 1. The van der Waals surface area contributed by atoms with Gasteiger partial charge in [0, 0.05) is 18.3 Å². The van der Waals surface area contributed by atoms with Crippen molar-refractivity contribution in [3.8, 4) is 0 Å². The lowest BCUT2D eigenvalue weighted by Crippen LogP contribution is -2.47. The van der Waals surface area contributed by atoms with E-state index >= 15 is 0 Å². The Morgan fingerprint density at radius 1 is 1.45 bits per heavy atom. The number of hydrogen-bond donors (Lipinski definition) is 2. The number of anilines is 2. The van der Waals surface area contributed by atoms with Crippen molar-refractivity contribution < 1.29 is 17.6 Å². The maximum atomic E-state index is 14.0. The van der Waals surface area contributed by atoms with Crippen LogP contribution in [0, 0.1) is 5.82 Å². The van der Waals surface area contributed by atoms with Gasteiger partial charge in [0.05, 0.1) is 22.8 Å². The van der Waals surface area contributed by atoms with E-state index < -0.39 is 21.6 Å². The number of carbonyl (C=O) groups excluding carboxylic acids is 1. The number of amides is 1. The van der Waals surface area contributed by atoms with E-state index in [4.69, 9.17) is 11.5 Å². The van der Waals surface area contributed by atoms with Crippen LogP contribution >= 0.6 is 0 Å². The molecular formula is C12H16FN3O3S. The van der Waals surface area contributed by atoms with Gasteiger partial charge in [0.25, 0.3) is 5.91 Å². The molecule has 1 fully saturated rings. The van der Waals surface area contributed by atoms with Crippen molar-refractivity contribution >= 4 is 27.1 Å². The molecule has 0 aromatic heterocycles. The normalized spacial score (nSPS) is 21.7. The lowest BCUT2D eigenvalue weighted by molar-refractivity contribution is 0.100. The Bertz CT molecular complexity index is 660. The van der Waals surface area contributed by atoms with Gasteiger partial charge in [-0.1, -0.05) is 0 Å². The first-order chi connectivity index (χ1) is 9.21. The molecule has 1 heterocycles. The molecule has 0 radical (unpaired) electrons. The molecule has 0 aliphatic carbocycles. The maximum absolute atomic E-state index is 14.0. The number of benzene rings is 1. The van der Waals surface area contributed by atoms with Crippen LogP contribution in [0.1, 0.15) is 17.3 Å². The third kappa shape index (κ3) is 2.69. The van der Waals surface area contributed by atoms with E-state index in [-0.39, 0.29) is 41.0 Å². The van der Waals surface area contributed by atoms with Crippen LogP contribution in [-0.2, 0) is 9.84 Å². The van der Waals surface area contributed by atoms with Crippen LogP contribution in [-0.4, -0.2) is 38.4 Å². The molecule has 1 amide bonds. The first-order valence-electron chi connectivity index (χ1n) is 6.07. The molecule has 6 nitrogen and oxygen atoms in total. The minimum absolute atomic E-state index is 0.0297. The fourth-order valence-corrected chi connectivity index (χ4v) is 3.92. The van der Waals surface area contributed by atoms with Gasteiger partial charge in [-0.15, -0.1) is 0 Å². The standard InChI is InChI=1S/C12H16FN3O3S/c1-7-6-20(18,19)3-2-16(7)11-4-8(12(15)17)10(14)5-9(11)13/h4-5,7H,2-3,6,14H2,1H3,(H2,15,17). The van der Waals surface area contributed by atoms with E-state index in [0.717, 1.165) is 6.07 Å². The van der Waals surface area contributed by atoms with Crippen LogP contribution in [0.2, 0.25) is 0 Å². The number of nitrogen functional groups attached to an aromatic ring is 1. The van der Waals surface area contributed by atoms with E-state index in [1.807, 2.05) is 0 Å². The van der Waals surface area contributed by atoms with Crippen molar-refractivity contribution in [2.75, 3.05) is 28.7 Å². The van der Waals surface area contributed by atoms with Crippen molar-refractivity contribution in [1.29, 1.82) is 0 Å². The molecule has 1 aromatic carbocycles. The SMILES string of the molecule is CC1CS(=O)(=O)CCN1c1cc(C(N)=O)c(N)cc1F. The zero-order valence-corrected chi connectivity index (χ0v) is 11.8. The Morgan fingerprint density at radius 3 is 2.65 bits per heavy atom. The number of nitrogens with zero attached hydrogens (tertiary/aromatic N) is 1. The van der Waals surface area contributed by atoms with E-state index in [9.17, 15) is 17.6 Å². The molecule has 1 unspecified atom stereocenters. The smallest absolute Gasteiger partial charge is 0.250 e. The molecule has 1 saturated heterocycles. The number of rotatable bonds is 2. The summed E-state index contributed by atoms with van der Waals surface area (Å²) in [5.41, 5.74) is 10.9. The van der Waals surface area contributed by atoms with Crippen LogP contribution in [0.25, 0.3) is 0 Å². The van der Waals surface area contributed by atoms with Crippen molar-refractivity contribution in [1.82, 2.24) is 0 Å². The molecule has 1 aliphatic heterocycles. The molecule has 1 aromatic rings. The topological polar surface area (TPSA) is 106 Å². The van der Waals surface area contributed by atoms with E-state index in [0.29, 0.717) is 0 Å². The molecule has 0 spiro atoms. The second kappa shape index (κ2) is 4.93. The summed E-state index contributed by atoms with van der Waals surface area (Å²) in [6.07, 6.45) is 0. The highest BCUT2D eigenvalue weighted by atomic mass is 32.2. The lowest BCUT2D eigenvalue weighted by Gasteiger charge is -2.35. The van der Waals surface area contributed by atoms with Crippen LogP contribution in [0.4, 0.5) is 15.8 Å². The third-order valence-corrected chi connectivity index (χ3v) is 5.16. The summed E-state index contributed by atoms with van der Waals surface area (Å²) < 4.78 is 37.1. The van der Waals surface area contributed by atoms with Gasteiger partial charge in [-0.3, -0.25) is 4.79 Å². The quantitative estimate of drug-likeness (QED) is 0.755. The van der Waals surface area contributed by atoms with Crippen LogP contribution < -0.4 is 16.4 Å². The minimum atomic E-state index is -3.10. The molecule has 0 saturated carbocycles. The summed E-state index contributed by atoms with van der Waals surface area (Å²) in [4.78, 5) is 12.9. The highest BCUT2D eigenvalue weighted by Crippen LogP contribution is 2.28. The molecule has 8 heteroatoms. The third-order valence-electron chi connectivity index (χ3n) is 3.36. The first kappa shape index (κ1) is 14.6. The van der Waals surface area contributed by atoms with Gasteiger partial charge in [-0.2, -0.15) is 0 Å². The van der Waals surface area contributed by atoms with Crippen LogP contribution in [0.15, 0.2) is 12.1 Å². The average Bonchev–Trinajstić information content (AvgIpc) is 2.29. The van der Waals surface area contributed by atoms with E-state index in [1.54, 1.807) is 11.8 Å². The second-order valence-corrected chi connectivity index (χ2v) is 7.14. The molecular weight excluding hydrogens is 285 g/mol. The van der Waals surface area contributed by atoms with Crippen molar-refractivity contribution in [2.24, 2.45) is 5.73 Å². The van der Waals surface area contributed by atoms with Gasteiger partial charge < -0.3 is 16.4 Å². The Hall–Kier alpha value is -1.83. The molecule has 20 heavy (non-hydrogen) atoms. The van der Waals surface area contributed by atoms with Gasteiger partial charge >= 0.3 is 0 Å². The predicted molar refractivity (Wildman–Crippen MR) is 74.8 cm³/mol. The number of nitrogens with two attached hydrogens (primary N) is 2. The Morgan fingerprint density at radius 2 is 2.10 bits per heavy atom. The Balaban J connectivity index is 2.43. The number of hydrogen-bond acceptors (Lipinski definition) is 5. The van der Waals surface area contributed by atoms with Crippen molar-refractivity contribution in [3.05, 3.63) is 23.5 Å². The zero-order chi connectivity index (χ0) is 15.1. The Kier molecular flexibility index (Phi) is 3.59. The minimum Gasteiger partial charge on any atom is -0.398 e. The molecule has 0 bridgehead atoms. The molecule has 4 N–H and O–H groups in total.